The van der Waals surface area contributed by atoms with Gasteiger partial charge < -0.3 is 5.11 Å². The van der Waals surface area contributed by atoms with Crippen molar-refractivity contribution < 1.29 is 9.90 Å². The molecule has 1 unspecified atom stereocenters. The van der Waals surface area contributed by atoms with Gasteiger partial charge in [-0.15, -0.1) is 0 Å². The predicted molar refractivity (Wildman–Crippen MR) is 76.1 cm³/mol. The number of benzene rings is 1. The van der Waals surface area contributed by atoms with Crippen LogP contribution in [0.1, 0.15) is 24.6 Å². The summed E-state index contributed by atoms with van der Waals surface area (Å²) in [7, 11) is 0. The van der Waals surface area contributed by atoms with Gasteiger partial charge in [-0.3, -0.25) is 9.78 Å². The first-order valence-electron chi connectivity index (χ1n) is 6.58. The Morgan fingerprint density at radius 1 is 1.37 bits per heavy atom. The van der Waals surface area contributed by atoms with Gasteiger partial charge in [-0.25, -0.2) is 0 Å². The summed E-state index contributed by atoms with van der Waals surface area (Å²) in [5.74, 6) is 0.0165. The number of hydrogen-bond donors (Lipinski definition) is 1. The van der Waals surface area contributed by atoms with Gasteiger partial charge >= 0.3 is 0 Å². The molecule has 3 heteroatoms. The second kappa shape index (κ2) is 5.93. The molecule has 0 radical (unpaired) electrons. The molecule has 0 fully saturated rings. The van der Waals surface area contributed by atoms with Crippen molar-refractivity contribution in [3.63, 3.8) is 0 Å². The van der Waals surface area contributed by atoms with Gasteiger partial charge in [-0.05, 0) is 44.4 Å². The summed E-state index contributed by atoms with van der Waals surface area (Å²) in [5.41, 5.74) is 3.06. The summed E-state index contributed by atoms with van der Waals surface area (Å²) < 4.78 is 0. The molecule has 0 spiro atoms. The average molecular weight is 257 g/mol. The number of hydrogen-bond acceptors (Lipinski definition) is 3. The molecule has 0 saturated heterocycles. The van der Waals surface area contributed by atoms with Gasteiger partial charge in [0.05, 0.1) is 5.52 Å². The van der Waals surface area contributed by atoms with E-state index in [0.29, 0.717) is 12.8 Å². The second-order valence-corrected chi connectivity index (χ2v) is 4.96. The van der Waals surface area contributed by atoms with Crippen LogP contribution in [-0.2, 0) is 11.2 Å². The number of pyridine rings is 1. The van der Waals surface area contributed by atoms with Crippen molar-refractivity contribution in [3.8, 4) is 0 Å². The third-order valence-corrected chi connectivity index (χ3v) is 3.45. The summed E-state index contributed by atoms with van der Waals surface area (Å²) >= 11 is 0. The largest absolute Gasteiger partial charge is 0.396 e. The molecular formula is C16H19NO2. The monoisotopic (exact) mass is 257 g/mol. The highest BCUT2D eigenvalue weighted by Gasteiger charge is 2.16. The van der Waals surface area contributed by atoms with E-state index in [0.717, 1.165) is 22.2 Å². The van der Waals surface area contributed by atoms with E-state index in [1.54, 1.807) is 6.92 Å². The number of nitrogens with zero attached hydrogens (tertiary/aromatic N) is 1. The highest BCUT2D eigenvalue weighted by molar-refractivity contribution is 5.84. The number of aryl methyl sites for hydroxylation is 1. The molecule has 2 aromatic rings. The lowest BCUT2D eigenvalue weighted by Gasteiger charge is -2.14. The number of aromatic nitrogens is 1. The number of carbonyl (C=O) groups is 1. The Hall–Kier alpha value is -1.74. The number of Topliss-reactive ketones (excluding diaryl/α,β-unsaturated/α-hetero) is 1. The van der Waals surface area contributed by atoms with Crippen LogP contribution in [0.3, 0.4) is 0 Å². The van der Waals surface area contributed by atoms with Crippen LogP contribution in [0.15, 0.2) is 30.3 Å². The van der Waals surface area contributed by atoms with Crippen LogP contribution in [0.5, 0.6) is 0 Å². The van der Waals surface area contributed by atoms with Crippen LogP contribution in [0.4, 0.5) is 0 Å². The molecule has 0 aliphatic rings. The Balaban J connectivity index is 2.41. The van der Waals surface area contributed by atoms with Gasteiger partial charge in [0.1, 0.15) is 5.78 Å². The van der Waals surface area contributed by atoms with E-state index >= 15 is 0 Å². The van der Waals surface area contributed by atoms with E-state index in [4.69, 9.17) is 5.11 Å². The summed E-state index contributed by atoms with van der Waals surface area (Å²) in [6.07, 6.45) is 1.19. The van der Waals surface area contributed by atoms with E-state index < -0.39 is 0 Å². The summed E-state index contributed by atoms with van der Waals surface area (Å²) in [6, 6.07) is 10.0. The number of aliphatic hydroxyl groups is 1. The maximum atomic E-state index is 11.6. The zero-order valence-electron chi connectivity index (χ0n) is 11.4. The Bertz CT molecular complexity index is 592. The molecule has 0 amide bonds. The SMILES string of the molecule is CC(=O)C(CCO)Cc1cc(C)nc2ccccc12. The average Bonchev–Trinajstić information content (AvgIpc) is 2.37. The minimum absolute atomic E-state index is 0.0479. The zero-order valence-corrected chi connectivity index (χ0v) is 11.4. The van der Waals surface area contributed by atoms with Crippen molar-refractivity contribution in [2.45, 2.75) is 26.7 Å². The van der Waals surface area contributed by atoms with Crippen molar-refractivity contribution in [2.24, 2.45) is 5.92 Å². The fourth-order valence-electron chi connectivity index (χ4n) is 2.43. The van der Waals surface area contributed by atoms with Crippen LogP contribution in [0.25, 0.3) is 10.9 Å². The minimum atomic E-state index is -0.116. The Morgan fingerprint density at radius 3 is 2.79 bits per heavy atom. The van der Waals surface area contributed by atoms with Crippen molar-refractivity contribution in [2.75, 3.05) is 6.61 Å². The van der Waals surface area contributed by atoms with E-state index in [9.17, 15) is 4.79 Å². The molecule has 1 aromatic heterocycles. The summed E-state index contributed by atoms with van der Waals surface area (Å²) in [6.45, 7) is 3.60. The van der Waals surface area contributed by atoms with Crippen molar-refractivity contribution in [1.29, 1.82) is 0 Å². The fraction of sp³-hybridized carbons (Fsp3) is 0.375. The van der Waals surface area contributed by atoms with E-state index in [2.05, 4.69) is 4.98 Å². The van der Waals surface area contributed by atoms with Crippen LogP contribution in [0, 0.1) is 12.8 Å². The van der Waals surface area contributed by atoms with Gasteiger partial charge in [0.25, 0.3) is 0 Å². The molecule has 2 rings (SSSR count). The number of carbonyl (C=O) groups excluding carboxylic acids is 1. The first-order valence-corrected chi connectivity index (χ1v) is 6.58. The molecule has 100 valence electrons. The van der Waals surface area contributed by atoms with Crippen molar-refractivity contribution in [3.05, 3.63) is 41.6 Å². The molecule has 1 aromatic carbocycles. The highest BCUT2D eigenvalue weighted by atomic mass is 16.3. The lowest BCUT2D eigenvalue weighted by atomic mass is 9.91. The predicted octanol–water partition coefficient (Wildman–Crippen LogP) is 2.67. The molecule has 1 heterocycles. The minimum Gasteiger partial charge on any atom is -0.396 e. The van der Waals surface area contributed by atoms with Crippen LogP contribution in [-0.4, -0.2) is 22.5 Å². The topological polar surface area (TPSA) is 50.2 Å². The third-order valence-electron chi connectivity index (χ3n) is 3.45. The van der Waals surface area contributed by atoms with Gasteiger partial charge in [0, 0.05) is 23.6 Å². The number of ketones is 1. The summed E-state index contributed by atoms with van der Waals surface area (Å²) in [4.78, 5) is 16.1. The molecule has 0 aliphatic carbocycles. The Morgan fingerprint density at radius 2 is 2.11 bits per heavy atom. The smallest absolute Gasteiger partial charge is 0.133 e. The van der Waals surface area contributed by atoms with Gasteiger partial charge in [-0.2, -0.15) is 0 Å². The molecule has 1 atom stereocenters. The van der Waals surface area contributed by atoms with Crippen molar-refractivity contribution in [1.82, 2.24) is 4.98 Å². The maximum Gasteiger partial charge on any atom is 0.133 e. The van der Waals surface area contributed by atoms with Gasteiger partial charge in [0.2, 0.25) is 0 Å². The first-order chi connectivity index (χ1) is 9.11. The number of fused-ring (bicyclic) bond motifs is 1. The van der Waals surface area contributed by atoms with E-state index in [-0.39, 0.29) is 18.3 Å². The molecule has 0 aliphatic heterocycles. The highest BCUT2D eigenvalue weighted by Crippen LogP contribution is 2.22. The summed E-state index contributed by atoms with van der Waals surface area (Å²) in [5, 5.41) is 10.2. The lowest BCUT2D eigenvalue weighted by molar-refractivity contribution is -0.121. The molecule has 0 bridgehead atoms. The Kier molecular flexibility index (Phi) is 4.27. The molecule has 3 nitrogen and oxygen atoms in total. The van der Waals surface area contributed by atoms with Crippen LogP contribution in [0.2, 0.25) is 0 Å². The number of para-hydroxylation sites is 1. The standard InChI is InChI=1S/C16H19NO2/c1-11-9-14(10-13(7-8-18)12(2)19)15-5-3-4-6-16(15)17-11/h3-6,9,13,18H,7-8,10H2,1-2H3. The van der Waals surface area contributed by atoms with E-state index in [1.165, 1.54) is 0 Å². The quantitative estimate of drug-likeness (QED) is 0.896. The second-order valence-electron chi connectivity index (χ2n) is 4.96. The van der Waals surface area contributed by atoms with Crippen LogP contribution >= 0.6 is 0 Å². The zero-order chi connectivity index (χ0) is 13.8. The number of rotatable bonds is 5. The van der Waals surface area contributed by atoms with Crippen LogP contribution < -0.4 is 0 Å². The normalized spacial score (nSPS) is 12.6. The van der Waals surface area contributed by atoms with Gasteiger partial charge in [-0.1, -0.05) is 18.2 Å². The maximum absolute atomic E-state index is 11.6. The fourth-order valence-corrected chi connectivity index (χ4v) is 2.43. The third kappa shape index (κ3) is 3.18. The number of aliphatic hydroxyl groups excluding tert-OH is 1. The van der Waals surface area contributed by atoms with Crippen molar-refractivity contribution >= 4 is 16.7 Å². The first kappa shape index (κ1) is 13.7. The van der Waals surface area contributed by atoms with E-state index in [1.807, 2.05) is 37.3 Å². The van der Waals surface area contributed by atoms with Gasteiger partial charge in [0.15, 0.2) is 0 Å². The molecule has 0 saturated carbocycles. The lowest BCUT2D eigenvalue weighted by Crippen LogP contribution is -2.16. The Labute approximate surface area is 113 Å². The molecule has 19 heavy (non-hydrogen) atoms. The molecular weight excluding hydrogens is 238 g/mol. The molecule has 1 N–H and O–H groups in total.